The largest absolute Gasteiger partial charge is 0.374 e. The number of ether oxygens (including phenoxy) is 4. The minimum atomic E-state index is -0.576. The van der Waals surface area contributed by atoms with Gasteiger partial charge >= 0.3 is 0 Å². The monoisotopic (exact) mass is 570 g/mol. The lowest BCUT2D eigenvalue weighted by Crippen LogP contribution is -2.38. The molecule has 0 spiro atoms. The van der Waals surface area contributed by atoms with E-state index in [0.29, 0.717) is 37.5 Å². The van der Waals surface area contributed by atoms with Crippen LogP contribution in [0, 0.1) is 0 Å². The van der Waals surface area contributed by atoms with Gasteiger partial charge in [0.1, 0.15) is 29.1 Å². The van der Waals surface area contributed by atoms with Crippen LogP contribution in [0.4, 0.5) is 5.95 Å². The van der Waals surface area contributed by atoms with Crippen molar-refractivity contribution in [3.05, 3.63) is 125 Å². The van der Waals surface area contributed by atoms with Crippen LogP contribution in [-0.4, -0.2) is 39.5 Å². The van der Waals surface area contributed by atoms with Crippen molar-refractivity contribution in [2.75, 3.05) is 12.3 Å². The van der Waals surface area contributed by atoms with Crippen LogP contribution in [-0.2, 0) is 38.8 Å². The number of hydrogen-bond acceptors (Lipinski definition) is 7. The summed E-state index contributed by atoms with van der Waals surface area (Å²) in [5.41, 5.74) is 9.72. The van der Waals surface area contributed by atoms with E-state index in [1.807, 2.05) is 108 Å². The van der Waals surface area contributed by atoms with Gasteiger partial charge in [-0.05, 0) is 22.8 Å². The van der Waals surface area contributed by atoms with Crippen molar-refractivity contribution in [2.45, 2.75) is 44.4 Å². The lowest BCUT2D eigenvalue weighted by Gasteiger charge is -2.26. The van der Waals surface area contributed by atoms with Crippen molar-refractivity contribution >= 4 is 28.6 Å². The highest BCUT2D eigenvalue weighted by molar-refractivity contribution is 6.34. The first-order valence-electron chi connectivity index (χ1n) is 13.5. The van der Waals surface area contributed by atoms with Gasteiger partial charge in [-0.2, -0.15) is 4.98 Å². The van der Waals surface area contributed by atoms with E-state index in [1.165, 1.54) is 0 Å². The van der Waals surface area contributed by atoms with Crippen LogP contribution in [0.2, 0.25) is 5.15 Å². The quantitative estimate of drug-likeness (QED) is 0.196. The van der Waals surface area contributed by atoms with Gasteiger partial charge in [0, 0.05) is 6.20 Å². The van der Waals surface area contributed by atoms with E-state index in [0.717, 1.165) is 16.7 Å². The molecule has 1 unspecified atom stereocenters. The zero-order valence-electron chi connectivity index (χ0n) is 22.4. The first kappa shape index (κ1) is 27.4. The number of nitrogens with zero attached hydrogens (tertiary/aromatic N) is 3. The maximum Gasteiger partial charge on any atom is 0.223 e. The zero-order valence-corrected chi connectivity index (χ0v) is 23.1. The Morgan fingerprint density at radius 1 is 0.732 bits per heavy atom. The second kappa shape index (κ2) is 12.8. The molecule has 6 rings (SSSR count). The molecule has 1 aliphatic heterocycles. The van der Waals surface area contributed by atoms with Crippen molar-refractivity contribution in [3.63, 3.8) is 0 Å². The summed E-state index contributed by atoms with van der Waals surface area (Å²) in [5, 5.41) is 0.961. The number of aromatic nitrogens is 3. The molecule has 4 atom stereocenters. The van der Waals surface area contributed by atoms with Crippen LogP contribution in [0.25, 0.3) is 11.0 Å². The highest BCUT2D eigenvalue weighted by Crippen LogP contribution is 2.38. The lowest BCUT2D eigenvalue weighted by molar-refractivity contribution is -0.0913. The second-order valence-electron chi connectivity index (χ2n) is 9.92. The maximum atomic E-state index is 6.68. The predicted molar refractivity (Wildman–Crippen MR) is 157 cm³/mol. The Kier molecular flexibility index (Phi) is 8.55. The van der Waals surface area contributed by atoms with E-state index >= 15 is 0 Å². The maximum absolute atomic E-state index is 6.68. The summed E-state index contributed by atoms with van der Waals surface area (Å²) in [6, 6.07) is 32.0. The molecule has 5 aromatic rings. The van der Waals surface area contributed by atoms with Gasteiger partial charge in [-0.3, -0.25) is 0 Å². The minimum Gasteiger partial charge on any atom is -0.374 e. The summed E-state index contributed by atoms with van der Waals surface area (Å²) in [4.78, 5) is 8.58. The number of fused-ring (bicyclic) bond motifs is 1. The summed E-state index contributed by atoms with van der Waals surface area (Å²) >= 11 is 6.40. The molecule has 210 valence electrons. The van der Waals surface area contributed by atoms with Gasteiger partial charge in [0.05, 0.1) is 31.8 Å². The number of anilines is 1. The van der Waals surface area contributed by atoms with Crippen LogP contribution >= 0.6 is 11.6 Å². The SMILES string of the molecule is Nc1nc(Cl)c2ccn(C3O[C@H](COCc4ccccc4)[C@@H](OCc4ccccc4)[C@@H]3OCc3ccccc3)c2n1. The zero-order chi connectivity index (χ0) is 28.0. The van der Waals surface area contributed by atoms with E-state index in [9.17, 15) is 0 Å². The summed E-state index contributed by atoms with van der Waals surface area (Å²) in [6.45, 7) is 1.55. The Morgan fingerprint density at radius 2 is 1.29 bits per heavy atom. The number of nitrogen functional groups attached to an aromatic ring is 1. The van der Waals surface area contributed by atoms with Crippen LogP contribution < -0.4 is 5.73 Å². The number of benzene rings is 3. The number of rotatable bonds is 11. The van der Waals surface area contributed by atoms with Gasteiger partial charge in [0.2, 0.25) is 5.95 Å². The Morgan fingerprint density at radius 3 is 1.90 bits per heavy atom. The first-order valence-corrected chi connectivity index (χ1v) is 13.9. The molecule has 41 heavy (non-hydrogen) atoms. The molecule has 0 amide bonds. The Labute approximate surface area is 243 Å². The van der Waals surface area contributed by atoms with Gasteiger partial charge in [0.25, 0.3) is 0 Å². The number of halogens is 1. The average Bonchev–Trinajstić information content (AvgIpc) is 3.57. The lowest BCUT2D eigenvalue weighted by atomic mass is 10.1. The Hall–Kier alpha value is -3.79. The summed E-state index contributed by atoms with van der Waals surface area (Å²) < 4.78 is 27.9. The number of hydrogen-bond donors (Lipinski definition) is 1. The average molecular weight is 571 g/mol. The number of nitrogens with two attached hydrogens (primary N) is 1. The normalized spacial score (nSPS) is 20.5. The molecule has 1 saturated heterocycles. The van der Waals surface area contributed by atoms with Crippen molar-refractivity contribution in [3.8, 4) is 0 Å². The third-order valence-corrected chi connectivity index (χ3v) is 7.35. The van der Waals surface area contributed by atoms with Gasteiger partial charge in [0.15, 0.2) is 6.23 Å². The molecule has 0 saturated carbocycles. The van der Waals surface area contributed by atoms with Gasteiger partial charge in [-0.15, -0.1) is 0 Å². The molecule has 1 fully saturated rings. The molecule has 0 bridgehead atoms. The molecule has 3 aromatic carbocycles. The van der Waals surface area contributed by atoms with Crippen LogP contribution in [0.1, 0.15) is 22.9 Å². The molecular weight excluding hydrogens is 540 g/mol. The highest BCUT2D eigenvalue weighted by Gasteiger charge is 2.48. The summed E-state index contributed by atoms with van der Waals surface area (Å²) in [7, 11) is 0. The Balaban J connectivity index is 1.31. The standard InChI is InChI=1S/C32H31ClN4O4/c33-29-25-16-17-37(30(25)36-32(34)35-29)31-28(40-20-24-14-8-3-9-15-24)27(39-19-23-12-6-2-7-13-23)26(41-31)21-38-18-22-10-4-1-5-11-22/h1-17,26-28,31H,18-21H2,(H2,34,35,36)/t26-,27-,28+,31?/m1/s1. The van der Waals surface area contributed by atoms with Gasteiger partial charge in [-0.25, -0.2) is 4.98 Å². The molecule has 8 nitrogen and oxygen atoms in total. The van der Waals surface area contributed by atoms with Crippen molar-refractivity contribution in [1.29, 1.82) is 0 Å². The van der Waals surface area contributed by atoms with Gasteiger partial charge in [-0.1, -0.05) is 103 Å². The predicted octanol–water partition coefficient (Wildman–Crippen LogP) is 5.95. The molecule has 0 aliphatic carbocycles. The molecule has 0 radical (unpaired) electrons. The minimum absolute atomic E-state index is 0.0850. The summed E-state index contributed by atoms with van der Waals surface area (Å²) in [5.74, 6) is 0.0850. The van der Waals surface area contributed by atoms with Crippen LogP contribution in [0.3, 0.4) is 0 Å². The van der Waals surface area contributed by atoms with E-state index in [-0.39, 0.29) is 11.1 Å². The van der Waals surface area contributed by atoms with Crippen molar-refractivity contribution in [1.82, 2.24) is 14.5 Å². The van der Waals surface area contributed by atoms with Crippen LogP contribution in [0.5, 0.6) is 0 Å². The highest BCUT2D eigenvalue weighted by atomic mass is 35.5. The van der Waals surface area contributed by atoms with E-state index in [2.05, 4.69) is 9.97 Å². The third-order valence-electron chi connectivity index (χ3n) is 7.07. The molecule has 1 aliphatic rings. The second-order valence-corrected chi connectivity index (χ2v) is 10.3. The van der Waals surface area contributed by atoms with Crippen LogP contribution in [0.15, 0.2) is 103 Å². The molecule has 3 heterocycles. The van der Waals surface area contributed by atoms with Crippen molar-refractivity contribution in [2.24, 2.45) is 0 Å². The Bertz CT molecular complexity index is 1550. The molecule has 2 aromatic heterocycles. The first-order chi connectivity index (χ1) is 20.2. The molecule has 2 N–H and O–H groups in total. The fraction of sp³-hybridized carbons (Fsp3) is 0.250. The smallest absolute Gasteiger partial charge is 0.223 e. The fourth-order valence-corrected chi connectivity index (χ4v) is 5.30. The van der Waals surface area contributed by atoms with E-state index < -0.39 is 24.5 Å². The topological polar surface area (TPSA) is 93.7 Å². The van der Waals surface area contributed by atoms with Gasteiger partial charge < -0.3 is 29.2 Å². The third kappa shape index (κ3) is 6.43. The molecule has 9 heteroatoms. The van der Waals surface area contributed by atoms with Crippen molar-refractivity contribution < 1.29 is 18.9 Å². The van der Waals surface area contributed by atoms with E-state index in [4.69, 9.17) is 36.3 Å². The van der Waals surface area contributed by atoms with E-state index in [1.54, 1.807) is 0 Å². The summed E-state index contributed by atoms with van der Waals surface area (Å²) in [6.07, 6.45) is -0.0510. The molecular formula is C32H31ClN4O4. The fourth-order valence-electron chi connectivity index (χ4n) is 5.06.